The van der Waals surface area contributed by atoms with Gasteiger partial charge in [-0.2, -0.15) is 0 Å². The van der Waals surface area contributed by atoms with Crippen LogP contribution >= 0.6 is 0 Å². The number of fused-ring (bicyclic) bond motifs is 1. The molecule has 0 saturated carbocycles. The van der Waals surface area contributed by atoms with Gasteiger partial charge < -0.3 is 20.1 Å². The number of hydrogen-bond donors (Lipinski definition) is 2. The van der Waals surface area contributed by atoms with E-state index in [0.29, 0.717) is 11.4 Å². The largest absolute Gasteiger partial charge is 0.497 e. The van der Waals surface area contributed by atoms with Crippen LogP contribution in [0, 0.1) is 0 Å². The van der Waals surface area contributed by atoms with Crippen LogP contribution in [-0.2, 0) is 4.79 Å². The van der Waals surface area contributed by atoms with Crippen molar-refractivity contribution >= 4 is 23.2 Å². The van der Waals surface area contributed by atoms with Crippen molar-refractivity contribution in [1.29, 1.82) is 0 Å². The molecule has 0 atom stereocenters. The molecule has 0 aromatic heterocycles. The maximum absolute atomic E-state index is 12.1. The van der Waals surface area contributed by atoms with Gasteiger partial charge in [0.25, 0.3) is 0 Å². The second kappa shape index (κ2) is 7.90. The first kappa shape index (κ1) is 19.7. The first-order chi connectivity index (χ1) is 13.3. The van der Waals surface area contributed by atoms with Crippen molar-refractivity contribution in [2.75, 3.05) is 26.0 Å². The van der Waals surface area contributed by atoms with Gasteiger partial charge in [0, 0.05) is 17.2 Å². The molecule has 146 valence electrons. The lowest BCUT2D eigenvalue weighted by atomic mass is 9.94. The number of hydrogen-bond acceptors (Lipinski definition) is 4. The molecule has 0 saturated heterocycles. The van der Waals surface area contributed by atoms with Crippen LogP contribution in [0.25, 0.3) is 11.6 Å². The average Bonchev–Trinajstić information content (AvgIpc) is 2.66. The van der Waals surface area contributed by atoms with E-state index >= 15 is 0 Å². The maximum Gasteiger partial charge on any atom is 0.238 e. The van der Waals surface area contributed by atoms with Gasteiger partial charge >= 0.3 is 0 Å². The highest BCUT2D eigenvalue weighted by molar-refractivity contribution is 5.97. The zero-order valence-corrected chi connectivity index (χ0v) is 16.8. The Bertz CT molecular complexity index is 945. The van der Waals surface area contributed by atoms with E-state index < -0.39 is 0 Å². The highest BCUT2D eigenvalue weighted by Gasteiger charge is 2.22. The monoisotopic (exact) mass is 378 g/mol. The standard InChI is InChI=1S/C23H26N2O3/c1-15(16-6-9-21-17(12-16)10-11-23(2,3)28-21)19-8-7-18(27-5)13-20(19)25-22(26)14-24-4/h6-13,24H,1,14H2,2-5H3,(H,25,26). The fourth-order valence-electron chi connectivity index (χ4n) is 3.09. The quantitative estimate of drug-likeness (QED) is 0.795. The number of likely N-dealkylation sites (N-methyl/N-ethyl adjacent to an activating group) is 1. The lowest BCUT2D eigenvalue weighted by Crippen LogP contribution is -2.27. The van der Waals surface area contributed by atoms with Crippen LogP contribution in [0.15, 0.2) is 49.1 Å². The molecular weight excluding hydrogens is 352 g/mol. The highest BCUT2D eigenvalue weighted by atomic mass is 16.5. The molecule has 0 bridgehead atoms. The molecule has 0 fully saturated rings. The number of benzene rings is 2. The molecule has 1 aliphatic rings. The van der Waals surface area contributed by atoms with Gasteiger partial charge in [-0.1, -0.05) is 18.7 Å². The molecule has 0 spiro atoms. The van der Waals surface area contributed by atoms with Crippen molar-refractivity contribution in [1.82, 2.24) is 5.32 Å². The van der Waals surface area contributed by atoms with Crippen molar-refractivity contribution in [3.05, 3.63) is 65.7 Å². The zero-order valence-electron chi connectivity index (χ0n) is 16.8. The summed E-state index contributed by atoms with van der Waals surface area (Å²) < 4.78 is 11.3. The van der Waals surface area contributed by atoms with Crippen LogP contribution in [-0.4, -0.2) is 32.2 Å². The maximum atomic E-state index is 12.1. The third-order valence-corrected chi connectivity index (χ3v) is 4.56. The van der Waals surface area contributed by atoms with Crippen LogP contribution in [0.4, 0.5) is 5.69 Å². The van der Waals surface area contributed by atoms with Gasteiger partial charge in [0.1, 0.15) is 17.1 Å². The minimum Gasteiger partial charge on any atom is -0.497 e. The molecule has 0 unspecified atom stereocenters. The molecule has 5 nitrogen and oxygen atoms in total. The normalized spacial score (nSPS) is 14.0. The molecule has 1 aliphatic heterocycles. The van der Waals surface area contributed by atoms with E-state index in [9.17, 15) is 4.79 Å². The number of rotatable bonds is 6. The van der Waals surface area contributed by atoms with Gasteiger partial charge in [-0.15, -0.1) is 0 Å². The van der Waals surface area contributed by atoms with Crippen molar-refractivity contribution in [2.45, 2.75) is 19.4 Å². The van der Waals surface area contributed by atoms with Crippen LogP contribution in [0.2, 0.25) is 0 Å². The van der Waals surface area contributed by atoms with E-state index in [1.807, 2.05) is 50.3 Å². The summed E-state index contributed by atoms with van der Waals surface area (Å²) >= 11 is 0. The number of anilines is 1. The van der Waals surface area contributed by atoms with Crippen molar-refractivity contribution in [3.63, 3.8) is 0 Å². The third kappa shape index (κ3) is 4.26. The summed E-state index contributed by atoms with van der Waals surface area (Å²) in [5.41, 5.74) is 3.96. The van der Waals surface area contributed by atoms with Crippen LogP contribution in [0.1, 0.15) is 30.5 Å². The summed E-state index contributed by atoms with van der Waals surface area (Å²) in [7, 11) is 3.33. The lowest BCUT2D eigenvalue weighted by molar-refractivity contribution is -0.115. The minimum atomic E-state index is -0.313. The van der Waals surface area contributed by atoms with E-state index in [4.69, 9.17) is 9.47 Å². The Balaban J connectivity index is 1.95. The van der Waals surface area contributed by atoms with E-state index in [1.165, 1.54) is 0 Å². The third-order valence-electron chi connectivity index (χ3n) is 4.56. The smallest absolute Gasteiger partial charge is 0.238 e. The van der Waals surface area contributed by atoms with Gasteiger partial charge in [-0.25, -0.2) is 0 Å². The number of carbonyl (C=O) groups is 1. The summed E-state index contributed by atoms with van der Waals surface area (Å²) in [5.74, 6) is 1.38. The Labute approximate surface area is 166 Å². The molecule has 0 radical (unpaired) electrons. The van der Waals surface area contributed by atoms with Crippen molar-refractivity contribution < 1.29 is 14.3 Å². The minimum absolute atomic E-state index is 0.131. The van der Waals surface area contributed by atoms with Gasteiger partial charge in [0.2, 0.25) is 5.91 Å². The molecule has 28 heavy (non-hydrogen) atoms. The molecule has 2 N–H and O–H groups in total. The summed E-state index contributed by atoms with van der Waals surface area (Å²) in [4.78, 5) is 12.1. The Morgan fingerprint density at radius 1 is 1.21 bits per heavy atom. The number of carbonyl (C=O) groups excluding carboxylic acids is 1. The SMILES string of the molecule is C=C(c1ccc2c(c1)C=CC(C)(C)O2)c1ccc(OC)cc1NC(=O)CNC. The van der Waals surface area contributed by atoms with Crippen molar-refractivity contribution in [3.8, 4) is 11.5 Å². The second-order valence-electron chi connectivity index (χ2n) is 7.26. The van der Waals surface area contributed by atoms with Gasteiger partial charge in [0.05, 0.1) is 19.3 Å². The summed E-state index contributed by atoms with van der Waals surface area (Å²) in [6.07, 6.45) is 4.11. The predicted molar refractivity (Wildman–Crippen MR) is 114 cm³/mol. The topological polar surface area (TPSA) is 59.6 Å². The second-order valence-corrected chi connectivity index (χ2v) is 7.26. The Morgan fingerprint density at radius 2 is 2.00 bits per heavy atom. The molecule has 2 aromatic rings. The van der Waals surface area contributed by atoms with Crippen LogP contribution in [0.5, 0.6) is 11.5 Å². The highest BCUT2D eigenvalue weighted by Crippen LogP contribution is 2.36. The average molecular weight is 378 g/mol. The predicted octanol–water partition coefficient (Wildman–Crippen LogP) is 4.10. The number of nitrogens with one attached hydrogen (secondary N) is 2. The lowest BCUT2D eigenvalue weighted by Gasteiger charge is -2.28. The van der Waals surface area contributed by atoms with Crippen LogP contribution in [0.3, 0.4) is 0 Å². The first-order valence-electron chi connectivity index (χ1n) is 9.17. The fourth-order valence-corrected chi connectivity index (χ4v) is 3.09. The number of amides is 1. The summed E-state index contributed by atoms with van der Waals surface area (Å²) in [6, 6.07) is 11.6. The Hall–Kier alpha value is -3.05. The van der Waals surface area contributed by atoms with E-state index in [1.54, 1.807) is 20.2 Å². The molecular formula is C23H26N2O3. The fraction of sp³-hybridized carbons (Fsp3) is 0.261. The molecule has 1 heterocycles. The number of ether oxygens (including phenoxy) is 2. The van der Waals surface area contributed by atoms with E-state index in [-0.39, 0.29) is 18.1 Å². The molecule has 2 aromatic carbocycles. The van der Waals surface area contributed by atoms with Gasteiger partial charge in [-0.3, -0.25) is 4.79 Å². The molecule has 0 aliphatic carbocycles. The summed E-state index contributed by atoms with van der Waals surface area (Å²) in [6.45, 7) is 8.54. The zero-order chi connectivity index (χ0) is 20.3. The first-order valence-corrected chi connectivity index (χ1v) is 9.17. The summed E-state index contributed by atoms with van der Waals surface area (Å²) in [5, 5.41) is 5.78. The van der Waals surface area contributed by atoms with Gasteiger partial charge in [0.15, 0.2) is 0 Å². The van der Waals surface area contributed by atoms with Crippen molar-refractivity contribution in [2.24, 2.45) is 0 Å². The van der Waals surface area contributed by atoms with E-state index in [0.717, 1.165) is 28.0 Å². The molecule has 3 rings (SSSR count). The number of methoxy groups -OCH3 is 1. The Kier molecular flexibility index (Phi) is 5.56. The van der Waals surface area contributed by atoms with Crippen LogP contribution < -0.4 is 20.1 Å². The van der Waals surface area contributed by atoms with E-state index in [2.05, 4.69) is 23.3 Å². The molecule has 5 heteroatoms. The molecule has 1 amide bonds. The Morgan fingerprint density at radius 3 is 2.71 bits per heavy atom. The van der Waals surface area contributed by atoms with Gasteiger partial charge in [-0.05, 0) is 62.4 Å².